The molecule has 5 nitrogen and oxygen atoms in total. The van der Waals surface area contributed by atoms with Gasteiger partial charge < -0.3 is 5.32 Å². The number of carbonyl (C=O) groups excluding carboxylic acids is 1. The second-order valence-electron chi connectivity index (χ2n) is 6.11. The van der Waals surface area contributed by atoms with Crippen LogP contribution in [0.2, 0.25) is 0 Å². The van der Waals surface area contributed by atoms with Crippen LogP contribution in [0.3, 0.4) is 0 Å². The number of benzene rings is 2. The SMILES string of the molecule is CS(=O)(=O)N1CCC[C@H]1C(=O)Nc1ccc(-c2cccc(F)c2)cc1. The summed E-state index contributed by atoms with van der Waals surface area (Å²) in [7, 11) is -3.40. The molecule has 0 unspecified atom stereocenters. The Morgan fingerprint density at radius 1 is 1.16 bits per heavy atom. The molecule has 0 radical (unpaired) electrons. The van der Waals surface area contributed by atoms with Crippen LogP contribution in [-0.2, 0) is 14.8 Å². The Labute approximate surface area is 146 Å². The zero-order valence-electron chi connectivity index (χ0n) is 13.8. The monoisotopic (exact) mass is 362 g/mol. The van der Waals surface area contributed by atoms with Crippen LogP contribution in [0, 0.1) is 5.82 Å². The number of anilines is 1. The lowest BCUT2D eigenvalue weighted by Gasteiger charge is -2.21. The Morgan fingerprint density at radius 2 is 1.88 bits per heavy atom. The summed E-state index contributed by atoms with van der Waals surface area (Å²) >= 11 is 0. The van der Waals surface area contributed by atoms with Gasteiger partial charge in [0.15, 0.2) is 0 Å². The number of carbonyl (C=O) groups is 1. The normalized spacial score (nSPS) is 18.2. The Bertz CT molecular complexity index is 881. The van der Waals surface area contributed by atoms with Gasteiger partial charge in [-0.2, -0.15) is 4.31 Å². The maximum Gasteiger partial charge on any atom is 0.242 e. The minimum absolute atomic E-state index is 0.308. The Balaban J connectivity index is 1.72. The number of hydrogen-bond acceptors (Lipinski definition) is 3. The molecule has 0 aromatic heterocycles. The van der Waals surface area contributed by atoms with E-state index < -0.39 is 16.1 Å². The number of nitrogens with one attached hydrogen (secondary N) is 1. The molecule has 25 heavy (non-hydrogen) atoms. The molecule has 1 atom stereocenters. The van der Waals surface area contributed by atoms with E-state index in [1.807, 2.05) is 0 Å². The summed E-state index contributed by atoms with van der Waals surface area (Å²) < 4.78 is 38.0. The van der Waals surface area contributed by atoms with Crippen molar-refractivity contribution in [2.24, 2.45) is 0 Å². The summed E-state index contributed by atoms with van der Waals surface area (Å²) in [4.78, 5) is 12.4. The third-order valence-electron chi connectivity index (χ3n) is 4.24. The van der Waals surface area contributed by atoms with Crippen LogP contribution >= 0.6 is 0 Å². The largest absolute Gasteiger partial charge is 0.325 e. The second-order valence-corrected chi connectivity index (χ2v) is 8.04. The number of rotatable bonds is 4. The smallest absolute Gasteiger partial charge is 0.242 e. The molecule has 2 aromatic carbocycles. The Hall–Kier alpha value is -2.25. The van der Waals surface area contributed by atoms with Crippen molar-refractivity contribution in [3.63, 3.8) is 0 Å². The first-order valence-electron chi connectivity index (χ1n) is 7.98. The van der Waals surface area contributed by atoms with Gasteiger partial charge in [0, 0.05) is 12.2 Å². The van der Waals surface area contributed by atoms with E-state index in [1.165, 1.54) is 16.4 Å². The maximum absolute atomic E-state index is 13.3. The number of nitrogens with zero attached hydrogens (tertiary/aromatic N) is 1. The van der Waals surface area contributed by atoms with Gasteiger partial charge in [0.1, 0.15) is 11.9 Å². The van der Waals surface area contributed by atoms with Crippen LogP contribution in [-0.4, -0.2) is 37.5 Å². The average molecular weight is 362 g/mol. The van der Waals surface area contributed by atoms with Crippen molar-refractivity contribution >= 4 is 21.6 Å². The molecule has 7 heteroatoms. The first-order chi connectivity index (χ1) is 11.8. The van der Waals surface area contributed by atoms with Gasteiger partial charge in [-0.3, -0.25) is 4.79 Å². The maximum atomic E-state index is 13.3. The summed E-state index contributed by atoms with van der Waals surface area (Å²) in [5.41, 5.74) is 2.15. The molecule has 1 aliphatic rings. The van der Waals surface area contributed by atoms with Crippen molar-refractivity contribution in [3.8, 4) is 11.1 Å². The lowest BCUT2D eigenvalue weighted by molar-refractivity contribution is -0.119. The van der Waals surface area contributed by atoms with Gasteiger partial charge in [-0.15, -0.1) is 0 Å². The van der Waals surface area contributed by atoms with Gasteiger partial charge in [0.25, 0.3) is 0 Å². The van der Waals surface area contributed by atoms with Crippen molar-refractivity contribution in [2.75, 3.05) is 18.1 Å². The third-order valence-corrected chi connectivity index (χ3v) is 5.53. The number of sulfonamides is 1. The quantitative estimate of drug-likeness (QED) is 0.909. The molecule has 1 fully saturated rings. The van der Waals surface area contributed by atoms with Crippen molar-refractivity contribution in [2.45, 2.75) is 18.9 Å². The highest BCUT2D eigenvalue weighted by molar-refractivity contribution is 7.88. The molecule has 1 aliphatic heterocycles. The number of amides is 1. The van der Waals surface area contributed by atoms with E-state index in [9.17, 15) is 17.6 Å². The minimum atomic E-state index is -3.40. The van der Waals surface area contributed by atoms with E-state index in [4.69, 9.17) is 0 Å². The van der Waals surface area contributed by atoms with Crippen LogP contribution in [0.4, 0.5) is 10.1 Å². The van der Waals surface area contributed by atoms with E-state index in [2.05, 4.69) is 5.32 Å². The molecule has 1 heterocycles. The van der Waals surface area contributed by atoms with Gasteiger partial charge in [0.2, 0.25) is 15.9 Å². The predicted molar refractivity (Wildman–Crippen MR) is 95.0 cm³/mol. The summed E-state index contributed by atoms with van der Waals surface area (Å²) in [5.74, 6) is -0.640. The summed E-state index contributed by atoms with van der Waals surface area (Å²) in [6.45, 7) is 0.370. The highest BCUT2D eigenvalue weighted by atomic mass is 32.2. The highest BCUT2D eigenvalue weighted by Crippen LogP contribution is 2.24. The van der Waals surface area contributed by atoms with E-state index in [0.717, 1.165) is 17.4 Å². The van der Waals surface area contributed by atoms with Crippen LogP contribution in [0.15, 0.2) is 48.5 Å². The van der Waals surface area contributed by atoms with Gasteiger partial charge in [-0.25, -0.2) is 12.8 Å². The van der Waals surface area contributed by atoms with Crippen LogP contribution in [0.5, 0.6) is 0 Å². The minimum Gasteiger partial charge on any atom is -0.325 e. The van der Waals surface area contributed by atoms with Gasteiger partial charge >= 0.3 is 0 Å². The van der Waals surface area contributed by atoms with Gasteiger partial charge in [-0.1, -0.05) is 24.3 Å². The van der Waals surface area contributed by atoms with E-state index in [-0.39, 0.29) is 11.7 Å². The molecule has 0 bridgehead atoms. The van der Waals surface area contributed by atoms with E-state index >= 15 is 0 Å². The third kappa shape index (κ3) is 4.05. The lowest BCUT2D eigenvalue weighted by Crippen LogP contribution is -2.42. The first kappa shape index (κ1) is 17.6. The average Bonchev–Trinajstić information content (AvgIpc) is 3.06. The Kier molecular flexibility index (Phi) is 4.87. The summed E-state index contributed by atoms with van der Waals surface area (Å²) in [5, 5.41) is 2.76. The van der Waals surface area contributed by atoms with Crippen LogP contribution < -0.4 is 5.32 Å². The van der Waals surface area contributed by atoms with Crippen molar-refractivity contribution in [1.82, 2.24) is 4.31 Å². The molecular formula is C18H19FN2O3S. The van der Waals surface area contributed by atoms with E-state index in [1.54, 1.807) is 36.4 Å². The standard InChI is InChI=1S/C18H19FN2O3S/c1-25(23,24)21-11-3-6-17(21)18(22)20-16-9-7-13(8-10-16)14-4-2-5-15(19)12-14/h2,4-5,7-10,12,17H,3,6,11H2,1H3,(H,20,22)/t17-/m0/s1. The topological polar surface area (TPSA) is 66.5 Å². The molecular weight excluding hydrogens is 343 g/mol. The predicted octanol–water partition coefficient (Wildman–Crippen LogP) is 2.86. The molecule has 1 saturated heterocycles. The summed E-state index contributed by atoms with van der Waals surface area (Å²) in [6.07, 6.45) is 2.30. The van der Waals surface area contributed by atoms with Crippen LogP contribution in [0.25, 0.3) is 11.1 Å². The van der Waals surface area contributed by atoms with Gasteiger partial charge in [-0.05, 0) is 48.2 Å². The van der Waals surface area contributed by atoms with Crippen molar-refractivity contribution in [1.29, 1.82) is 0 Å². The summed E-state index contributed by atoms with van der Waals surface area (Å²) in [6, 6.07) is 12.6. The molecule has 0 aliphatic carbocycles. The number of hydrogen-bond donors (Lipinski definition) is 1. The van der Waals surface area contributed by atoms with Crippen molar-refractivity contribution in [3.05, 3.63) is 54.3 Å². The molecule has 0 spiro atoms. The zero-order chi connectivity index (χ0) is 18.0. The fourth-order valence-electron chi connectivity index (χ4n) is 3.04. The highest BCUT2D eigenvalue weighted by Gasteiger charge is 2.36. The molecule has 132 valence electrons. The fraction of sp³-hybridized carbons (Fsp3) is 0.278. The Morgan fingerprint density at radius 3 is 2.52 bits per heavy atom. The lowest BCUT2D eigenvalue weighted by atomic mass is 10.1. The fourth-order valence-corrected chi connectivity index (χ4v) is 4.16. The number of halogens is 1. The molecule has 1 amide bonds. The second kappa shape index (κ2) is 6.93. The zero-order valence-corrected chi connectivity index (χ0v) is 14.6. The van der Waals surface area contributed by atoms with Crippen LogP contribution in [0.1, 0.15) is 12.8 Å². The first-order valence-corrected chi connectivity index (χ1v) is 9.83. The van der Waals surface area contributed by atoms with Crippen molar-refractivity contribution < 1.29 is 17.6 Å². The molecule has 0 saturated carbocycles. The van der Waals surface area contributed by atoms with Gasteiger partial charge in [0.05, 0.1) is 6.26 Å². The molecule has 2 aromatic rings. The van der Waals surface area contributed by atoms with E-state index in [0.29, 0.717) is 25.1 Å². The molecule has 3 rings (SSSR count). The molecule has 1 N–H and O–H groups in total.